The number of hydrogen-bond donors (Lipinski definition) is 1. The fourth-order valence-corrected chi connectivity index (χ4v) is 5.56. The summed E-state index contributed by atoms with van der Waals surface area (Å²) in [6, 6.07) is 9.10. The van der Waals surface area contributed by atoms with E-state index >= 15 is 0 Å². The lowest BCUT2D eigenvalue weighted by molar-refractivity contribution is -0.117. The molecule has 1 aromatic carbocycles. The summed E-state index contributed by atoms with van der Waals surface area (Å²) in [5.74, 6) is 0.327. The zero-order valence-electron chi connectivity index (χ0n) is 16.6. The van der Waals surface area contributed by atoms with Crippen LogP contribution < -0.4 is 10.2 Å². The van der Waals surface area contributed by atoms with Crippen LogP contribution in [0.3, 0.4) is 0 Å². The molecule has 0 saturated carbocycles. The minimum atomic E-state index is -0.210. The summed E-state index contributed by atoms with van der Waals surface area (Å²) < 4.78 is 14.0. The zero-order chi connectivity index (χ0) is 20.4. The molecule has 2 aromatic rings. The molecule has 0 radical (unpaired) electrons. The molecule has 1 unspecified atom stereocenters. The first kappa shape index (κ1) is 19.9. The van der Waals surface area contributed by atoms with Crippen LogP contribution in [0.4, 0.5) is 15.1 Å². The Labute approximate surface area is 174 Å². The Bertz CT molecular complexity index is 943. The molecule has 5 nitrogen and oxygen atoms in total. The molecular weight excluding hydrogens is 387 g/mol. The van der Waals surface area contributed by atoms with Gasteiger partial charge in [0.25, 0.3) is 0 Å². The van der Waals surface area contributed by atoms with Crippen molar-refractivity contribution in [2.24, 2.45) is 5.92 Å². The quantitative estimate of drug-likeness (QED) is 0.833. The lowest BCUT2D eigenvalue weighted by Crippen LogP contribution is -2.48. The zero-order valence-corrected chi connectivity index (χ0v) is 17.4. The number of anilines is 2. The molecular formula is C22H25FN4OS. The van der Waals surface area contributed by atoms with Crippen LogP contribution in [0.5, 0.6) is 0 Å². The number of nitrogens with zero attached hydrogens (tertiary/aromatic N) is 3. The number of nitriles is 1. The number of rotatable bonds is 4. The molecule has 1 fully saturated rings. The molecule has 2 aliphatic rings. The van der Waals surface area contributed by atoms with Gasteiger partial charge in [0, 0.05) is 31.1 Å². The Morgan fingerprint density at radius 2 is 2.07 bits per heavy atom. The lowest BCUT2D eigenvalue weighted by atomic mass is 9.89. The molecule has 0 spiro atoms. The number of carbonyl (C=O) groups excluding carboxylic acids is 1. The number of thiophene rings is 1. The first-order chi connectivity index (χ1) is 14.0. The summed E-state index contributed by atoms with van der Waals surface area (Å²) in [5, 5.41) is 13.3. The third kappa shape index (κ3) is 4.29. The number of fused-ring (bicyclic) bond motifs is 1. The largest absolute Gasteiger partial charge is 0.367 e. The molecule has 1 N–H and O–H groups in total. The van der Waals surface area contributed by atoms with E-state index in [1.54, 1.807) is 23.5 Å². The Morgan fingerprint density at radius 3 is 2.79 bits per heavy atom. The molecule has 0 bridgehead atoms. The predicted molar refractivity (Wildman–Crippen MR) is 114 cm³/mol. The average molecular weight is 413 g/mol. The summed E-state index contributed by atoms with van der Waals surface area (Å²) in [7, 11) is 0. The van der Waals surface area contributed by atoms with Crippen LogP contribution >= 0.6 is 11.3 Å². The Hall–Kier alpha value is -2.43. The molecule has 4 rings (SSSR count). The average Bonchev–Trinajstić information content (AvgIpc) is 3.04. The van der Waals surface area contributed by atoms with Gasteiger partial charge in [-0.1, -0.05) is 19.1 Å². The van der Waals surface area contributed by atoms with Crippen LogP contribution in [0.2, 0.25) is 0 Å². The smallest absolute Gasteiger partial charge is 0.239 e. The summed E-state index contributed by atoms with van der Waals surface area (Å²) >= 11 is 1.56. The summed E-state index contributed by atoms with van der Waals surface area (Å²) in [5.41, 5.74) is 2.40. The van der Waals surface area contributed by atoms with Gasteiger partial charge >= 0.3 is 0 Å². The molecule has 1 aliphatic heterocycles. The second kappa shape index (κ2) is 8.52. The van der Waals surface area contributed by atoms with E-state index in [0.29, 0.717) is 48.3 Å². The van der Waals surface area contributed by atoms with E-state index in [4.69, 9.17) is 0 Å². The number of halogens is 1. The Morgan fingerprint density at radius 1 is 1.31 bits per heavy atom. The van der Waals surface area contributed by atoms with Crippen molar-refractivity contribution in [1.82, 2.24) is 4.90 Å². The topological polar surface area (TPSA) is 59.4 Å². The third-order valence-electron chi connectivity index (χ3n) is 5.81. The van der Waals surface area contributed by atoms with Gasteiger partial charge in [-0.15, -0.1) is 11.3 Å². The van der Waals surface area contributed by atoms with Gasteiger partial charge in [0.1, 0.15) is 16.9 Å². The van der Waals surface area contributed by atoms with Gasteiger partial charge in [0.05, 0.1) is 17.8 Å². The molecule has 152 valence electrons. The fraction of sp³-hybridized carbons (Fsp3) is 0.455. The standard InChI is InChI=1S/C22H25FN4OS/c1-15-6-7-16-17(13-24)22(29-20(16)12-15)25-21(28)14-26-8-10-27(11-9-26)19-5-3-2-4-18(19)23/h2-5,15H,6-12,14H2,1H3,(H,25,28). The molecule has 1 aliphatic carbocycles. The van der Waals surface area contributed by atoms with Gasteiger partial charge in [-0.05, 0) is 42.9 Å². The van der Waals surface area contributed by atoms with E-state index in [0.717, 1.165) is 24.8 Å². The lowest BCUT2D eigenvalue weighted by Gasteiger charge is -2.35. The van der Waals surface area contributed by atoms with Crippen LogP contribution in [0.25, 0.3) is 0 Å². The van der Waals surface area contributed by atoms with Crippen molar-refractivity contribution in [2.45, 2.75) is 26.2 Å². The maximum Gasteiger partial charge on any atom is 0.239 e. The van der Waals surface area contributed by atoms with Crippen LogP contribution in [0, 0.1) is 23.1 Å². The summed E-state index contributed by atoms with van der Waals surface area (Å²) in [6.45, 7) is 5.28. The minimum Gasteiger partial charge on any atom is -0.367 e. The van der Waals surface area contributed by atoms with Crippen LogP contribution in [-0.2, 0) is 17.6 Å². The fourth-order valence-electron chi connectivity index (χ4n) is 4.18. The molecule has 1 amide bonds. The maximum absolute atomic E-state index is 14.0. The third-order valence-corrected chi connectivity index (χ3v) is 6.98. The molecule has 29 heavy (non-hydrogen) atoms. The highest BCUT2D eigenvalue weighted by Gasteiger charge is 2.26. The highest BCUT2D eigenvalue weighted by molar-refractivity contribution is 7.16. The summed E-state index contributed by atoms with van der Waals surface area (Å²) in [4.78, 5) is 17.9. The van der Waals surface area contributed by atoms with Gasteiger partial charge in [0.15, 0.2) is 0 Å². The van der Waals surface area contributed by atoms with Gasteiger partial charge in [-0.25, -0.2) is 4.39 Å². The number of nitrogens with one attached hydrogen (secondary N) is 1. The van der Waals surface area contributed by atoms with Crippen molar-refractivity contribution in [2.75, 3.05) is 42.9 Å². The molecule has 2 heterocycles. The van der Waals surface area contributed by atoms with Crippen molar-refractivity contribution >= 4 is 27.9 Å². The van der Waals surface area contributed by atoms with E-state index < -0.39 is 0 Å². The number of para-hydroxylation sites is 1. The van der Waals surface area contributed by atoms with Crippen LogP contribution in [0.15, 0.2) is 24.3 Å². The number of carbonyl (C=O) groups is 1. The van der Waals surface area contributed by atoms with Gasteiger partial charge in [-0.2, -0.15) is 5.26 Å². The number of hydrogen-bond acceptors (Lipinski definition) is 5. The highest BCUT2D eigenvalue weighted by atomic mass is 32.1. The van der Waals surface area contributed by atoms with Gasteiger partial charge < -0.3 is 10.2 Å². The van der Waals surface area contributed by atoms with Crippen molar-refractivity contribution < 1.29 is 9.18 Å². The number of benzene rings is 1. The molecule has 1 saturated heterocycles. The van der Waals surface area contributed by atoms with Gasteiger partial charge in [-0.3, -0.25) is 9.69 Å². The first-order valence-corrected chi connectivity index (χ1v) is 10.9. The molecule has 1 aromatic heterocycles. The normalized spacial score (nSPS) is 19.5. The number of piperazine rings is 1. The van der Waals surface area contributed by atoms with E-state index in [1.165, 1.54) is 10.9 Å². The monoisotopic (exact) mass is 412 g/mol. The van der Waals surface area contributed by atoms with E-state index in [2.05, 4.69) is 23.2 Å². The maximum atomic E-state index is 14.0. The van der Waals surface area contributed by atoms with Crippen molar-refractivity contribution in [1.29, 1.82) is 5.26 Å². The SMILES string of the molecule is CC1CCc2c(sc(NC(=O)CN3CCN(c4ccccc4F)CC3)c2C#N)C1. The predicted octanol–water partition coefficient (Wildman–Crippen LogP) is 3.64. The second-order valence-corrected chi connectivity index (χ2v) is 9.04. The highest BCUT2D eigenvalue weighted by Crippen LogP contribution is 2.39. The Balaban J connectivity index is 1.34. The molecule has 1 atom stereocenters. The van der Waals surface area contributed by atoms with Crippen molar-refractivity contribution in [3.8, 4) is 6.07 Å². The van der Waals surface area contributed by atoms with Crippen LogP contribution in [0.1, 0.15) is 29.3 Å². The van der Waals surface area contributed by atoms with Crippen LogP contribution in [-0.4, -0.2) is 43.5 Å². The van der Waals surface area contributed by atoms with E-state index in [9.17, 15) is 14.4 Å². The van der Waals surface area contributed by atoms with E-state index in [-0.39, 0.29) is 18.3 Å². The van der Waals surface area contributed by atoms with Gasteiger partial charge in [0.2, 0.25) is 5.91 Å². The second-order valence-electron chi connectivity index (χ2n) is 7.93. The Kier molecular flexibility index (Phi) is 5.84. The van der Waals surface area contributed by atoms with Crippen molar-refractivity contribution in [3.05, 3.63) is 46.1 Å². The minimum absolute atomic E-state index is 0.0903. The van der Waals surface area contributed by atoms with Crippen molar-refractivity contribution in [3.63, 3.8) is 0 Å². The molecule has 7 heteroatoms. The summed E-state index contributed by atoms with van der Waals surface area (Å²) in [6.07, 6.45) is 3.00. The number of amides is 1. The first-order valence-electron chi connectivity index (χ1n) is 10.1. The van der Waals surface area contributed by atoms with E-state index in [1.807, 2.05) is 11.0 Å².